The number of nitro groups is 1. The fourth-order valence-corrected chi connectivity index (χ4v) is 3.23. The normalized spacial score (nSPS) is 18.2. The Morgan fingerprint density at radius 2 is 2.09 bits per heavy atom. The van der Waals surface area contributed by atoms with Gasteiger partial charge in [-0.05, 0) is 12.1 Å². The van der Waals surface area contributed by atoms with Crippen LogP contribution < -0.4 is 5.32 Å². The maximum Gasteiger partial charge on any atom is 0.274 e. The lowest BCUT2D eigenvalue weighted by molar-refractivity contribution is -0.386. The standard InChI is InChI=1S/C15H22ClN3O3/c1-15(2,10-20)14(18-7-5-17-6-8-18)12-9-11(16)3-4-13(12)19(21)22/h3-4,9,14,17,20H,5-8,10H2,1-2H3/t14-/m0/s1. The Kier molecular flexibility index (Phi) is 5.39. The van der Waals surface area contributed by atoms with Crippen molar-refractivity contribution in [2.24, 2.45) is 5.41 Å². The minimum atomic E-state index is -0.521. The van der Waals surface area contributed by atoms with Gasteiger partial charge in [0.1, 0.15) is 0 Å². The number of nitro benzene ring substituents is 1. The number of rotatable bonds is 5. The van der Waals surface area contributed by atoms with Crippen molar-refractivity contribution >= 4 is 17.3 Å². The molecule has 7 heteroatoms. The minimum Gasteiger partial charge on any atom is -0.396 e. The molecule has 2 N–H and O–H groups in total. The van der Waals surface area contributed by atoms with Gasteiger partial charge in [-0.2, -0.15) is 0 Å². The summed E-state index contributed by atoms with van der Waals surface area (Å²) in [5.41, 5.74) is 0.0974. The van der Waals surface area contributed by atoms with Gasteiger partial charge in [-0.25, -0.2) is 0 Å². The van der Waals surface area contributed by atoms with Gasteiger partial charge in [-0.15, -0.1) is 0 Å². The molecule has 1 saturated heterocycles. The number of benzene rings is 1. The summed E-state index contributed by atoms with van der Waals surface area (Å²) in [6.07, 6.45) is 0. The highest BCUT2D eigenvalue weighted by Gasteiger charge is 2.39. The molecule has 6 nitrogen and oxygen atoms in total. The van der Waals surface area contributed by atoms with Crippen molar-refractivity contribution < 1.29 is 10.0 Å². The fourth-order valence-electron chi connectivity index (χ4n) is 3.05. The van der Waals surface area contributed by atoms with E-state index in [2.05, 4.69) is 10.2 Å². The number of hydrogen-bond acceptors (Lipinski definition) is 5. The second-order valence-corrected chi connectivity index (χ2v) is 6.73. The Hall–Kier alpha value is -1.21. The van der Waals surface area contributed by atoms with Crippen molar-refractivity contribution in [3.63, 3.8) is 0 Å². The van der Waals surface area contributed by atoms with Gasteiger partial charge in [0.25, 0.3) is 5.69 Å². The van der Waals surface area contributed by atoms with Crippen molar-refractivity contribution in [3.8, 4) is 0 Å². The summed E-state index contributed by atoms with van der Waals surface area (Å²) in [7, 11) is 0. The van der Waals surface area contributed by atoms with Gasteiger partial charge in [0.2, 0.25) is 0 Å². The first kappa shape index (κ1) is 17.1. The third-order valence-corrected chi connectivity index (χ3v) is 4.38. The van der Waals surface area contributed by atoms with E-state index in [4.69, 9.17) is 11.6 Å². The second-order valence-electron chi connectivity index (χ2n) is 6.30. The number of aliphatic hydroxyl groups excluding tert-OH is 1. The predicted octanol–water partition coefficient (Wildman–Crippen LogP) is 2.21. The molecule has 0 aliphatic carbocycles. The molecular formula is C15H22ClN3O3. The predicted molar refractivity (Wildman–Crippen MR) is 86.2 cm³/mol. The van der Waals surface area contributed by atoms with Gasteiger partial charge in [-0.3, -0.25) is 15.0 Å². The first-order chi connectivity index (χ1) is 10.4. The molecular weight excluding hydrogens is 306 g/mol. The zero-order valence-electron chi connectivity index (χ0n) is 12.9. The average Bonchev–Trinajstić information content (AvgIpc) is 2.48. The van der Waals surface area contributed by atoms with E-state index < -0.39 is 5.41 Å². The third kappa shape index (κ3) is 3.57. The van der Waals surface area contributed by atoms with E-state index in [-0.39, 0.29) is 23.3 Å². The lowest BCUT2D eigenvalue weighted by Crippen LogP contribution is -2.49. The highest BCUT2D eigenvalue weighted by atomic mass is 35.5. The summed E-state index contributed by atoms with van der Waals surface area (Å²) >= 11 is 6.08. The lowest BCUT2D eigenvalue weighted by Gasteiger charge is -2.43. The van der Waals surface area contributed by atoms with Gasteiger partial charge in [0.05, 0.1) is 4.92 Å². The molecule has 1 aliphatic heterocycles. The first-order valence-electron chi connectivity index (χ1n) is 7.36. The number of hydrogen-bond donors (Lipinski definition) is 2. The van der Waals surface area contributed by atoms with Gasteiger partial charge < -0.3 is 10.4 Å². The molecule has 0 spiro atoms. The first-order valence-corrected chi connectivity index (χ1v) is 7.74. The quantitative estimate of drug-likeness (QED) is 0.640. The molecule has 0 unspecified atom stereocenters. The Bertz CT molecular complexity index is 545. The van der Waals surface area contributed by atoms with Crippen molar-refractivity contribution in [2.75, 3.05) is 32.8 Å². The van der Waals surface area contributed by atoms with Crippen molar-refractivity contribution in [1.29, 1.82) is 0 Å². The molecule has 1 aliphatic rings. The zero-order valence-corrected chi connectivity index (χ0v) is 13.6. The van der Waals surface area contributed by atoms with Gasteiger partial charge in [0.15, 0.2) is 0 Å². The van der Waals surface area contributed by atoms with Crippen LogP contribution in [-0.4, -0.2) is 47.7 Å². The molecule has 1 fully saturated rings. The number of aliphatic hydroxyl groups is 1. The number of nitrogens with zero attached hydrogens (tertiary/aromatic N) is 2. The highest BCUT2D eigenvalue weighted by molar-refractivity contribution is 6.30. The van der Waals surface area contributed by atoms with Crippen molar-refractivity contribution in [1.82, 2.24) is 10.2 Å². The van der Waals surface area contributed by atoms with Crippen LogP contribution in [0.3, 0.4) is 0 Å². The van der Waals surface area contributed by atoms with Crippen LogP contribution in [-0.2, 0) is 0 Å². The molecule has 2 rings (SSSR count). The maximum atomic E-state index is 11.4. The van der Waals surface area contributed by atoms with E-state index in [0.717, 1.165) is 26.2 Å². The van der Waals surface area contributed by atoms with Gasteiger partial charge in [0, 0.05) is 60.9 Å². The Labute approximate surface area is 135 Å². The van der Waals surface area contributed by atoms with Crippen LogP contribution in [0.4, 0.5) is 5.69 Å². The van der Waals surface area contributed by atoms with Crippen molar-refractivity contribution in [2.45, 2.75) is 19.9 Å². The summed E-state index contributed by atoms with van der Waals surface area (Å²) in [6, 6.07) is 4.37. The van der Waals surface area contributed by atoms with Crippen LogP contribution in [0.5, 0.6) is 0 Å². The van der Waals surface area contributed by atoms with Crippen LogP contribution in [0.25, 0.3) is 0 Å². The number of halogens is 1. The van der Waals surface area contributed by atoms with Crippen LogP contribution >= 0.6 is 11.6 Å². The van der Waals surface area contributed by atoms with Gasteiger partial charge in [-0.1, -0.05) is 25.4 Å². The minimum absolute atomic E-state index is 0.0504. The molecule has 1 atom stereocenters. The molecule has 0 saturated carbocycles. The molecule has 0 radical (unpaired) electrons. The summed E-state index contributed by atoms with van der Waals surface area (Å²) in [5, 5.41) is 25.0. The van der Waals surface area contributed by atoms with E-state index in [1.807, 2.05) is 13.8 Å². The number of nitrogens with one attached hydrogen (secondary N) is 1. The highest BCUT2D eigenvalue weighted by Crippen LogP contribution is 2.42. The SMILES string of the molecule is CC(C)(CO)[C@H](c1cc(Cl)ccc1[N+](=O)[O-])N1CCNCC1. The van der Waals surface area contributed by atoms with Gasteiger partial charge >= 0.3 is 0 Å². The molecule has 0 amide bonds. The summed E-state index contributed by atoms with van der Waals surface area (Å²) < 4.78 is 0. The summed E-state index contributed by atoms with van der Waals surface area (Å²) in [6.45, 7) is 6.98. The van der Waals surface area contributed by atoms with E-state index in [1.54, 1.807) is 6.07 Å². The van der Waals surface area contributed by atoms with E-state index in [0.29, 0.717) is 10.6 Å². The van der Waals surface area contributed by atoms with Crippen LogP contribution in [0.2, 0.25) is 5.02 Å². The molecule has 0 bridgehead atoms. The molecule has 1 heterocycles. The van der Waals surface area contributed by atoms with Crippen LogP contribution in [0.15, 0.2) is 18.2 Å². The summed E-state index contributed by atoms with van der Waals surface area (Å²) in [5.74, 6) is 0. The maximum absolute atomic E-state index is 11.4. The largest absolute Gasteiger partial charge is 0.396 e. The topological polar surface area (TPSA) is 78.6 Å². The molecule has 122 valence electrons. The van der Waals surface area contributed by atoms with Crippen LogP contribution in [0.1, 0.15) is 25.5 Å². The third-order valence-electron chi connectivity index (χ3n) is 4.15. The van der Waals surface area contributed by atoms with E-state index >= 15 is 0 Å². The molecule has 0 aromatic heterocycles. The second kappa shape index (κ2) is 6.91. The Morgan fingerprint density at radius 3 is 2.64 bits per heavy atom. The smallest absolute Gasteiger partial charge is 0.274 e. The fraction of sp³-hybridized carbons (Fsp3) is 0.600. The van der Waals surface area contributed by atoms with Crippen molar-refractivity contribution in [3.05, 3.63) is 38.9 Å². The van der Waals surface area contributed by atoms with Crippen LogP contribution in [0, 0.1) is 15.5 Å². The van der Waals surface area contributed by atoms with E-state index in [1.165, 1.54) is 12.1 Å². The summed E-state index contributed by atoms with van der Waals surface area (Å²) in [4.78, 5) is 13.2. The number of piperazine rings is 1. The Morgan fingerprint density at radius 1 is 1.45 bits per heavy atom. The van der Waals surface area contributed by atoms with E-state index in [9.17, 15) is 15.2 Å². The molecule has 1 aromatic carbocycles. The molecule has 22 heavy (non-hydrogen) atoms. The Balaban J connectivity index is 2.53. The zero-order chi connectivity index (χ0) is 16.3. The average molecular weight is 328 g/mol. The molecule has 1 aromatic rings. The monoisotopic (exact) mass is 327 g/mol. The lowest BCUT2D eigenvalue weighted by atomic mass is 9.79.